The molecule has 4 aromatic rings. The molecule has 0 amide bonds. The van der Waals surface area contributed by atoms with Crippen molar-refractivity contribution < 1.29 is 0 Å². The minimum atomic E-state index is -2.58. The van der Waals surface area contributed by atoms with Crippen molar-refractivity contribution in [1.82, 2.24) is 0 Å². The van der Waals surface area contributed by atoms with Gasteiger partial charge in [-0.3, -0.25) is 0 Å². The van der Waals surface area contributed by atoms with Gasteiger partial charge in [0.05, 0.1) is 0 Å². The third kappa shape index (κ3) is 3.55. The monoisotopic (exact) mass is 496 g/mol. The van der Waals surface area contributed by atoms with Crippen LogP contribution in [0, 0.1) is 41.5 Å². The normalized spacial score (nSPS) is 17.8. The van der Waals surface area contributed by atoms with Crippen LogP contribution < -0.4 is 10.4 Å². The van der Waals surface area contributed by atoms with E-state index in [1.807, 2.05) is 0 Å². The van der Waals surface area contributed by atoms with E-state index in [-0.39, 0.29) is 0 Å². The van der Waals surface area contributed by atoms with Gasteiger partial charge in [0.25, 0.3) is 0 Å². The van der Waals surface area contributed by atoms with Crippen LogP contribution in [0.5, 0.6) is 0 Å². The van der Waals surface area contributed by atoms with Crippen molar-refractivity contribution in [1.29, 1.82) is 0 Å². The topological polar surface area (TPSA) is 0 Å². The average molecular weight is 497 g/mol. The lowest BCUT2D eigenvalue weighted by Crippen LogP contribution is -2.68. The number of hydrogen-bond donors (Lipinski definition) is 0. The van der Waals surface area contributed by atoms with Gasteiger partial charge in [-0.15, -0.1) is 0 Å². The summed E-state index contributed by atoms with van der Waals surface area (Å²) in [5.74, 6) is 0. The summed E-state index contributed by atoms with van der Waals surface area (Å²) in [6.45, 7) is 13.9. The molecule has 0 fully saturated rings. The number of allylic oxidation sites excluding steroid dienone is 2. The molecule has 0 aliphatic heterocycles. The summed E-state index contributed by atoms with van der Waals surface area (Å²) >= 11 is 0. The molecule has 2 aliphatic carbocycles. The molecule has 37 heavy (non-hydrogen) atoms. The van der Waals surface area contributed by atoms with E-state index in [0.717, 1.165) is 0 Å². The molecule has 0 aromatic heterocycles. The fourth-order valence-electron chi connectivity index (χ4n) is 7.90. The Labute approximate surface area is 223 Å². The zero-order valence-electron chi connectivity index (χ0n) is 22.9. The third-order valence-corrected chi connectivity index (χ3v) is 15.0. The molecule has 1 heteroatoms. The fraction of sp³-hybridized carbons (Fsp3) is 0.222. The average Bonchev–Trinajstić information content (AvgIpc) is 3.47. The number of hydrogen-bond acceptors (Lipinski definition) is 0. The van der Waals surface area contributed by atoms with Gasteiger partial charge in [-0.2, -0.15) is 0 Å². The Morgan fingerprint density at radius 3 is 1.22 bits per heavy atom. The molecular weight excluding hydrogens is 460 g/mol. The maximum atomic E-state index is 2.56. The lowest BCUT2D eigenvalue weighted by molar-refractivity contribution is 1.06. The molecule has 0 bridgehead atoms. The number of rotatable bonds is 4. The summed E-state index contributed by atoms with van der Waals surface area (Å²) in [6, 6.07) is 27.9. The van der Waals surface area contributed by atoms with E-state index in [9.17, 15) is 0 Å². The zero-order chi connectivity index (χ0) is 25.9. The molecule has 184 valence electrons. The lowest BCUT2D eigenvalue weighted by atomic mass is 10.1. The van der Waals surface area contributed by atoms with Gasteiger partial charge in [0.1, 0.15) is 8.07 Å². The summed E-state index contributed by atoms with van der Waals surface area (Å²) in [7, 11) is -2.58. The van der Waals surface area contributed by atoms with E-state index in [1.165, 1.54) is 55.6 Å². The van der Waals surface area contributed by atoms with E-state index in [1.54, 1.807) is 10.4 Å². The van der Waals surface area contributed by atoms with Gasteiger partial charge in [0.15, 0.2) is 0 Å². The van der Waals surface area contributed by atoms with E-state index < -0.39 is 8.07 Å². The van der Waals surface area contributed by atoms with Gasteiger partial charge < -0.3 is 0 Å². The summed E-state index contributed by atoms with van der Waals surface area (Å²) in [5.41, 5.74) is 14.9. The molecule has 0 N–H and O–H groups in total. The van der Waals surface area contributed by atoms with Crippen LogP contribution in [-0.2, 0) is 0 Å². The number of aryl methyl sites for hydroxylation is 6. The number of fused-ring (bicyclic) bond motifs is 2. The second kappa shape index (κ2) is 8.85. The van der Waals surface area contributed by atoms with Gasteiger partial charge in [-0.25, -0.2) is 0 Å². The molecule has 0 nitrogen and oxygen atoms in total. The molecule has 6 rings (SSSR count). The second-order valence-electron chi connectivity index (χ2n) is 11.3. The van der Waals surface area contributed by atoms with Crippen molar-refractivity contribution >= 4 is 30.6 Å². The summed E-state index contributed by atoms with van der Waals surface area (Å²) in [6.07, 6.45) is 9.90. The highest BCUT2D eigenvalue weighted by Gasteiger charge is 2.55. The Morgan fingerprint density at radius 2 is 0.838 bits per heavy atom. The smallest absolute Gasteiger partial charge is 0.0784 e. The first-order valence-corrected chi connectivity index (χ1v) is 15.7. The van der Waals surface area contributed by atoms with Gasteiger partial charge in [-0.1, -0.05) is 130 Å². The summed E-state index contributed by atoms with van der Waals surface area (Å²) < 4.78 is 0. The van der Waals surface area contributed by atoms with Gasteiger partial charge in [0.2, 0.25) is 0 Å². The minimum absolute atomic E-state index is 0.352. The van der Waals surface area contributed by atoms with Crippen molar-refractivity contribution in [2.24, 2.45) is 0 Å². The summed E-state index contributed by atoms with van der Waals surface area (Å²) in [4.78, 5) is 0. The Balaban J connectivity index is 1.82. The van der Waals surface area contributed by atoms with E-state index >= 15 is 0 Å². The molecular formula is C36H36Si. The largest absolute Gasteiger partial charge is 0.141 e. The third-order valence-electron chi connectivity index (χ3n) is 8.76. The predicted molar refractivity (Wildman–Crippen MR) is 163 cm³/mol. The van der Waals surface area contributed by atoms with Crippen molar-refractivity contribution in [3.63, 3.8) is 0 Å². The zero-order valence-corrected chi connectivity index (χ0v) is 23.9. The van der Waals surface area contributed by atoms with Crippen LogP contribution in [-0.4, -0.2) is 8.07 Å². The predicted octanol–water partition coefficient (Wildman–Crippen LogP) is 7.80. The van der Waals surface area contributed by atoms with E-state index in [2.05, 4.69) is 139 Å². The van der Waals surface area contributed by atoms with Crippen LogP contribution in [0.25, 0.3) is 12.2 Å². The quantitative estimate of drug-likeness (QED) is 0.253. The molecule has 0 spiro atoms. The molecule has 2 atom stereocenters. The van der Waals surface area contributed by atoms with Crippen LogP contribution in [0.1, 0.15) is 66.7 Å². The van der Waals surface area contributed by atoms with Crippen LogP contribution in [0.15, 0.2) is 84.9 Å². The van der Waals surface area contributed by atoms with E-state index in [0.29, 0.717) is 11.1 Å². The highest BCUT2D eigenvalue weighted by atomic mass is 28.3. The first-order valence-electron chi connectivity index (χ1n) is 13.5. The minimum Gasteiger partial charge on any atom is -0.0784 e. The summed E-state index contributed by atoms with van der Waals surface area (Å²) in [5, 5.41) is 3.23. The Bertz CT molecular complexity index is 1430. The van der Waals surface area contributed by atoms with Crippen molar-refractivity contribution in [3.8, 4) is 0 Å². The maximum Gasteiger partial charge on any atom is 0.141 e. The molecule has 0 heterocycles. The highest BCUT2D eigenvalue weighted by molar-refractivity contribution is 7.06. The van der Waals surface area contributed by atoms with Crippen LogP contribution in [0.3, 0.4) is 0 Å². The molecule has 0 radical (unpaired) electrons. The highest BCUT2D eigenvalue weighted by Crippen LogP contribution is 2.48. The van der Waals surface area contributed by atoms with Crippen molar-refractivity contribution in [2.45, 2.75) is 52.6 Å². The molecule has 0 saturated carbocycles. The molecule has 2 aliphatic rings. The second-order valence-corrected chi connectivity index (χ2v) is 15.3. The number of benzene rings is 4. The molecule has 4 aromatic carbocycles. The van der Waals surface area contributed by atoms with Crippen LogP contribution in [0.4, 0.5) is 0 Å². The standard InChI is InChI=1S/C36H36Si/c1-23-19-25(3)35(26(4)20-23)37(36-27(5)21-24(2)22-28(36)6,33-17-15-29-11-7-9-13-31(29)33)34-18-16-30-12-8-10-14-32(30)34/h7-22,33-34H,1-6H3. The molecule has 2 unspecified atom stereocenters. The van der Waals surface area contributed by atoms with Gasteiger partial charge >= 0.3 is 0 Å². The van der Waals surface area contributed by atoms with Crippen LogP contribution in [0.2, 0.25) is 0 Å². The maximum absolute atomic E-state index is 2.58. The van der Waals surface area contributed by atoms with Gasteiger partial charge in [0, 0.05) is 11.1 Å². The van der Waals surface area contributed by atoms with E-state index in [4.69, 9.17) is 0 Å². The fourth-order valence-corrected chi connectivity index (χ4v) is 15.0. The Kier molecular flexibility index (Phi) is 5.73. The van der Waals surface area contributed by atoms with Crippen molar-refractivity contribution in [2.75, 3.05) is 0 Å². The Morgan fingerprint density at radius 1 is 0.486 bits per heavy atom. The van der Waals surface area contributed by atoms with Crippen LogP contribution >= 0.6 is 0 Å². The first kappa shape index (κ1) is 23.9. The van der Waals surface area contributed by atoms with Gasteiger partial charge in [-0.05, 0) is 74.2 Å². The van der Waals surface area contributed by atoms with Crippen molar-refractivity contribution in [3.05, 3.63) is 141 Å². The first-order chi connectivity index (χ1) is 17.8. The Hall–Kier alpha value is -3.42. The lowest BCUT2D eigenvalue weighted by Gasteiger charge is -2.46. The molecule has 0 saturated heterocycles. The SMILES string of the molecule is Cc1cc(C)c([Si](c2c(C)cc(C)cc2C)(C2C=Cc3ccccc32)C2C=Cc3ccccc32)c(C)c1.